The van der Waals surface area contributed by atoms with Crippen LogP contribution in [0, 0.1) is 0 Å². The highest BCUT2D eigenvalue weighted by molar-refractivity contribution is 6.17. The molecule has 0 saturated heterocycles. The summed E-state index contributed by atoms with van der Waals surface area (Å²) in [6, 6.07) is 21.9. The van der Waals surface area contributed by atoms with Crippen molar-refractivity contribution in [1.82, 2.24) is 0 Å². The average molecular weight is 483 g/mol. The minimum atomic E-state index is 0.417. The molecule has 0 aliphatic heterocycles. The molecule has 4 nitrogen and oxygen atoms in total. The lowest BCUT2D eigenvalue weighted by Gasteiger charge is -2.15. The first kappa shape index (κ1) is 25.8. The first-order valence-electron chi connectivity index (χ1n) is 12.1. The van der Waals surface area contributed by atoms with Gasteiger partial charge in [-0.1, -0.05) is 57.0 Å². The molecule has 0 N–H and O–H groups in total. The van der Waals surface area contributed by atoms with Gasteiger partial charge in [0.05, 0.1) is 13.2 Å². The van der Waals surface area contributed by atoms with Crippen LogP contribution in [0.3, 0.4) is 0 Å². The van der Waals surface area contributed by atoms with Gasteiger partial charge in [0, 0.05) is 5.88 Å². The first-order chi connectivity index (χ1) is 16.7. The fourth-order valence-electron chi connectivity index (χ4n) is 3.22. The number of hydrogen-bond acceptors (Lipinski definition) is 4. The Morgan fingerprint density at radius 3 is 1.50 bits per heavy atom. The smallest absolute Gasteiger partial charge is 0.162 e. The molecule has 34 heavy (non-hydrogen) atoms. The quantitative estimate of drug-likeness (QED) is 0.163. The van der Waals surface area contributed by atoms with Crippen LogP contribution in [0.15, 0.2) is 66.7 Å². The lowest BCUT2D eigenvalue weighted by molar-refractivity contribution is 0.255. The summed E-state index contributed by atoms with van der Waals surface area (Å²) in [7, 11) is 0. The Labute approximate surface area is 208 Å². The van der Waals surface area contributed by atoms with E-state index in [0.717, 1.165) is 67.1 Å². The van der Waals surface area contributed by atoms with Crippen LogP contribution in [0.1, 0.15) is 56.2 Å². The van der Waals surface area contributed by atoms with Crippen molar-refractivity contribution in [2.75, 3.05) is 13.2 Å². The zero-order valence-corrected chi connectivity index (χ0v) is 21.0. The van der Waals surface area contributed by atoms with E-state index in [1.54, 1.807) is 0 Å². The van der Waals surface area contributed by atoms with E-state index in [1.807, 2.05) is 66.7 Å². The van der Waals surface area contributed by atoms with Gasteiger partial charge in [-0.05, 0) is 65.9 Å². The first-order valence-corrected chi connectivity index (χ1v) is 12.6. The molecule has 182 valence electrons. The van der Waals surface area contributed by atoms with Gasteiger partial charge in [0.1, 0.15) is 24.7 Å². The van der Waals surface area contributed by atoms with Gasteiger partial charge in [-0.3, -0.25) is 0 Å². The third kappa shape index (κ3) is 8.49. The highest BCUT2D eigenvalue weighted by atomic mass is 35.5. The third-order valence-electron chi connectivity index (χ3n) is 5.33. The van der Waals surface area contributed by atoms with Crippen LogP contribution in [0.5, 0.6) is 23.0 Å². The summed E-state index contributed by atoms with van der Waals surface area (Å²) in [5.41, 5.74) is 3.11. The monoisotopic (exact) mass is 482 g/mol. The van der Waals surface area contributed by atoms with Gasteiger partial charge < -0.3 is 18.9 Å². The molecule has 0 atom stereocenters. The summed E-state index contributed by atoms with van der Waals surface area (Å²) in [5.74, 6) is 3.55. The highest BCUT2D eigenvalue weighted by Gasteiger charge is 2.09. The fraction of sp³-hybridized carbons (Fsp3) is 0.379. The Bertz CT molecular complexity index is 970. The van der Waals surface area contributed by atoms with Crippen LogP contribution >= 0.6 is 11.6 Å². The van der Waals surface area contributed by atoms with Crippen LogP contribution in [0.25, 0.3) is 0 Å². The Morgan fingerprint density at radius 1 is 0.559 bits per heavy atom. The van der Waals surface area contributed by atoms with Crippen LogP contribution in [-0.2, 0) is 19.1 Å². The maximum atomic E-state index is 6.12. The summed E-state index contributed by atoms with van der Waals surface area (Å²) in [6.07, 6.45) is 4.36. The molecular formula is C29H35ClO4. The van der Waals surface area contributed by atoms with Gasteiger partial charge in [0.25, 0.3) is 0 Å². The zero-order chi connectivity index (χ0) is 24.0. The second-order valence-electron chi connectivity index (χ2n) is 8.18. The Hall–Kier alpha value is -2.85. The minimum Gasteiger partial charge on any atom is -0.494 e. The number of hydrogen-bond donors (Lipinski definition) is 0. The number of alkyl halides is 1. The molecule has 3 aromatic rings. The highest BCUT2D eigenvalue weighted by Crippen LogP contribution is 2.31. The topological polar surface area (TPSA) is 36.9 Å². The molecule has 0 aliphatic carbocycles. The van der Waals surface area contributed by atoms with Gasteiger partial charge in [-0.25, -0.2) is 0 Å². The van der Waals surface area contributed by atoms with E-state index in [2.05, 4.69) is 13.8 Å². The third-order valence-corrected chi connectivity index (χ3v) is 5.64. The summed E-state index contributed by atoms with van der Waals surface area (Å²) < 4.78 is 23.7. The van der Waals surface area contributed by atoms with Gasteiger partial charge in [0.15, 0.2) is 11.5 Å². The van der Waals surface area contributed by atoms with E-state index in [9.17, 15) is 0 Å². The Morgan fingerprint density at radius 2 is 1.03 bits per heavy atom. The maximum absolute atomic E-state index is 6.12. The molecule has 0 heterocycles. The molecule has 3 aromatic carbocycles. The molecule has 0 unspecified atom stereocenters. The number of rotatable bonds is 15. The molecule has 0 amide bonds. The number of ether oxygens (including phenoxy) is 4. The normalized spacial score (nSPS) is 10.7. The second kappa shape index (κ2) is 14.4. The minimum absolute atomic E-state index is 0.417. The zero-order valence-electron chi connectivity index (χ0n) is 20.2. The van der Waals surface area contributed by atoms with Crippen molar-refractivity contribution in [2.45, 2.75) is 58.6 Å². The van der Waals surface area contributed by atoms with Crippen molar-refractivity contribution in [3.8, 4) is 23.0 Å². The Balaban J connectivity index is 1.58. The number of benzene rings is 3. The van der Waals surface area contributed by atoms with Crippen LogP contribution in [0.2, 0.25) is 0 Å². The van der Waals surface area contributed by atoms with Crippen LogP contribution < -0.4 is 18.9 Å². The SMILES string of the molecule is CCCCOc1ccc(COc2ccc(CCl)cc2OCc2ccc(OCCCC)cc2)cc1. The summed E-state index contributed by atoms with van der Waals surface area (Å²) in [5, 5.41) is 0. The molecule has 0 saturated carbocycles. The van der Waals surface area contributed by atoms with Crippen molar-refractivity contribution in [1.29, 1.82) is 0 Å². The van der Waals surface area contributed by atoms with Crippen molar-refractivity contribution < 1.29 is 18.9 Å². The van der Waals surface area contributed by atoms with E-state index < -0.39 is 0 Å². The van der Waals surface area contributed by atoms with Crippen molar-refractivity contribution in [3.63, 3.8) is 0 Å². The summed E-state index contributed by atoms with van der Waals surface area (Å²) in [6.45, 7) is 6.67. The molecule has 0 bridgehead atoms. The van der Waals surface area contributed by atoms with E-state index in [-0.39, 0.29) is 0 Å². The van der Waals surface area contributed by atoms with Crippen molar-refractivity contribution >= 4 is 11.6 Å². The van der Waals surface area contributed by atoms with Crippen molar-refractivity contribution in [2.24, 2.45) is 0 Å². The van der Waals surface area contributed by atoms with Crippen molar-refractivity contribution in [3.05, 3.63) is 83.4 Å². The van der Waals surface area contributed by atoms with Gasteiger partial charge in [0.2, 0.25) is 0 Å². The van der Waals surface area contributed by atoms with Crippen LogP contribution in [-0.4, -0.2) is 13.2 Å². The number of halogens is 1. The molecule has 0 spiro atoms. The standard InChI is InChI=1S/C29H35ClO4/c1-3-5-17-31-26-12-7-23(8-13-26)21-33-28-16-11-25(20-30)19-29(28)34-22-24-9-14-27(15-10-24)32-18-6-4-2/h7-16,19H,3-6,17-18,20-22H2,1-2H3. The van der Waals surface area contributed by atoms with E-state index in [0.29, 0.717) is 30.6 Å². The molecule has 0 aromatic heterocycles. The largest absolute Gasteiger partial charge is 0.494 e. The lowest BCUT2D eigenvalue weighted by atomic mass is 10.2. The predicted molar refractivity (Wildman–Crippen MR) is 138 cm³/mol. The van der Waals surface area contributed by atoms with Gasteiger partial charge in [-0.15, -0.1) is 11.6 Å². The van der Waals surface area contributed by atoms with Crippen LogP contribution in [0.4, 0.5) is 0 Å². The average Bonchev–Trinajstić information content (AvgIpc) is 2.88. The van der Waals surface area contributed by atoms with E-state index >= 15 is 0 Å². The molecule has 3 rings (SSSR count). The second-order valence-corrected chi connectivity index (χ2v) is 8.45. The van der Waals surface area contributed by atoms with Gasteiger partial charge in [-0.2, -0.15) is 0 Å². The summed E-state index contributed by atoms with van der Waals surface area (Å²) >= 11 is 6.05. The maximum Gasteiger partial charge on any atom is 0.162 e. The molecule has 5 heteroatoms. The Kier molecular flexibility index (Phi) is 10.9. The molecule has 0 fully saturated rings. The van der Waals surface area contributed by atoms with Gasteiger partial charge >= 0.3 is 0 Å². The van der Waals surface area contributed by atoms with E-state index in [4.69, 9.17) is 30.5 Å². The molecular weight excluding hydrogens is 448 g/mol. The summed E-state index contributed by atoms with van der Waals surface area (Å²) in [4.78, 5) is 0. The number of unbranched alkanes of at least 4 members (excludes halogenated alkanes) is 2. The van der Waals surface area contributed by atoms with E-state index in [1.165, 1.54) is 0 Å². The lowest BCUT2D eigenvalue weighted by Crippen LogP contribution is -2.02. The molecule has 0 radical (unpaired) electrons. The predicted octanol–water partition coefficient (Wildman–Crippen LogP) is 7.94. The fourth-order valence-corrected chi connectivity index (χ4v) is 3.39. The molecule has 0 aliphatic rings.